The third-order valence-electron chi connectivity index (χ3n) is 11.8. The molecule has 65 heavy (non-hydrogen) atoms. The van der Waals surface area contributed by atoms with E-state index >= 15 is 0 Å². The zero-order valence-corrected chi connectivity index (χ0v) is 42.7. The van der Waals surface area contributed by atoms with Gasteiger partial charge in [-0.3, -0.25) is 19.3 Å². The molecule has 0 aromatic carbocycles. The molecule has 10 heteroatoms. The van der Waals surface area contributed by atoms with Gasteiger partial charge in [-0.25, -0.2) is 0 Å². The minimum atomic E-state index is -0.507. The molecular formula is C55H97NO9. The minimum absolute atomic E-state index is 0.0129. The van der Waals surface area contributed by atoms with E-state index in [9.17, 15) is 14.4 Å². The number of allylic oxidation sites excluding steroid dienone is 8. The zero-order chi connectivity index (χ0) is 47.6. The van der Waals surface area contributed by atoms with E-state index in [1.807, 2.05) is 0 Å². The zero-order valence-electron chi connectivity index (χ0n) is 42.7. The van der Waals surface area contributed by atoms with Crippen molar-refractivity contribution in [3.05, 3.63) is 47.6 Å². The number of nitrogens with zero attached hydrogens (tertiary/aromatic N) is 1. The third kappa shape index (κ3) is 40.0. The monoisotopic (exact) mass is 916 g/mol. The molecule has 0 amide bonds. The molecule has 1 rings (SSSR count). The van der Waals surface area contributed by atoms with Gasteiger partial charge < -0.3 is 28.4 Å². The second kappa shape index (κ2) is 42.6. The molecule has 1 fully saturated rings. The van der Waals surface area contributed by atoms with Crippen molar-refractivity contribution in [3.63, 3.8) is 0 Å². The topological polar surface area (TPSA) is 110 Å². The van der Waals surface area contributed by atoms with Gasteiger partial charge in [0, 0.05) is 45.6 Å². The van der Waals surface area contributed by atoms with Crippen LogP contribution in [-0.4, -0.2) is 95.0 Å². The highest BCUT2D eigenvalue weighted by atomic mass is 16.7. The first-order valence-corrected chi connectivity index (χ1v) is 26.0. The van der Waals surface area contributed by atoms with Crippen molar-refractivity contribution >= 4 is 17.9 Å². The minimum Gasteiger partial charge on any atom is -0.465 e. The van der Waals surface area contributed by atoms with Crippen molar-refractivity contribution < 1.29 is 42.8 Å². The van der Waals surface area contributed by atoms with Gasteiger partial charge in [-0.1, -0.05) is 100 Å². The van der Waals surface area contributed by atoms with Crippen LogP contribution in [0.4, 0.5) is 0 Å². The summed E-state index contributed by atoms with van der Waals surface area (Å²) in [5.74, 6) is -0.397. The summed E-state index contributed by atoms with van der Waals surface area (Å²) < 4.78 is 34.9. The van der Waals surface area contributed by atoms with E-state index in [2.05, 4.69) is 89.8 Å². The molecule has 0 aromatic heterocycles. The van der Waals surface area contributed by atoms with Crippen molar-refractivity contribution in [3.8, 4) is 0 Å². The predicted octanol–water partition coefficient (Wildman–Crippen LogP) is 13.2. The van der Waals surface area contributed by atoms with Crippen LogP contribution in [0.15, 0.2) is 47.6 Å². The first-order valence-electron chi connectivity index (χ1n) is 26.0. The highest BCUT2D eigenvalue weighted by molar-refractivity contribution is 5.70. The van der Waals surface area contributed by atoms with E-state index in [-0.39, 0.29) is 44.1 Å². The van der Waals surface area contributed by atoms with Gasteiger partial charge in [0.05, 0.1) is 25.6 Å². The Morgan fingerprint density at radius 2 is 1.03 bits per heavy atom. The van der Waals surface area contributed by atoms with E-state index in [1.54, 1.807) is 0 Å². The normalized spacial score (nSPS) is 15.1. The average Bonchev–Trinajstić information content (AvgIpc) is 3.27. The molecule has 0 saturated carbocycles. The third-order valence-corrected chi connectivity index (χ3v) is 11.8. The summed E-state index contributed by atoms with van der Waals surface area (Å²) in [4.78, 5) is 41.0. The molecule has 1 saturated heterocycles. The van der Waals surface area contributed by atoms with Crippen LogP contribution in [0.25, 0.3) is 0 Å². The van der Waals surface area contributed by atoms with Crippen molar-refractivity contribution in [2.45, 2.75) is 202 Å². The van der Waals surface area contributed by atoms with Crippen LogP contribution in [0.5, 0.6) is 0 Å². The molecule has 3 unspecified atom stereocenters. The van der Waals surface area contributed by atoms with E-state index < -0.39 is 12.2 Å². The van der Waals surface area contributed by atoms with Crippen LogP contribution < -0.4 is 0 Å². The lowest BCUT2D eigenvalue weighted by Gasteiger charge is -2.26. The van der Waals surface area contributed by atoms with Crippen molar-refractivity contribution in [2.75, 3.05) is 65.9 Å². The van der Waals surface area contributed by atoms with Crippen molar-refractivity contribution in [1.82, 2.24) is 4.90 Å². The standard InChI is InChI=1S/C55H97NO9/c1-8-9-10-11-12-13-14-15-16-17-18-19-20-21-22-31-52(57)63-44-51(45-64-53(58)32-23-24-37-56-38-42-60-43-39-56)46-65-54(59)33-34-55(61-40-35-49(6)29-25-27-47(2)3)62-41-36-50(7)30-26-28-48(4)5/h12-13,15-16,27-28,49-51,55H,8-11,14,17-26,29-46H2,1-7H3/b13-12-,16-15-. The van der Waals surface area contributed by atoms with Gasteiger partial charge in [-0.2, -0.15) is 0 Å². The smallest absolute Gasteiger partial charge is 0.305 e. The fourth-order valence-corrected chi connectivity index (χ4v) is 7.36. The number of carbonyl (C=O) groups excluding carboxylic acids is 3. The Kier molecular flexibility index (Phi) is 39.4. The summed E-state index contributed by atoms with van der Waals surface area (Å²) in [5.41, 5.74) is 2.68. The SMILES string of the molecule is CCCCC/C=C\C/C=C\CCCCCCCC(=O)OCC(COC(=O)CCCCN1CCOCC1)COC(=O)CCC(OCCC(C)CCC=C(C)C)OCCC(C)CCC=C(C)C. The first-order chi connectivity index (χ1) is 31.5. The van der Waals surface area contributed by atoms with E-state index in [0.29, 0.717) is 44.3 Å². The van der Waals surface area contributed by atoms with Gasteiger partial charge in [0.25, 0.3) is 0 Å². The largest absolute Gasteiger partial charge is 0.465 e. The highest BCUT2D eigenvalue weighted by Gasteiger charge is 2.20. The molecule has 0 radical (unpaired) electrons. The van der Waals surface area contributed by atoms with Crippen molar-refractivity contribution in [2.24, 2.45) is 17.8 Å². The number of hydrogen-bond acceptors (Lipinski definition) is 10. The van der Waals surface area contributed by atoms with Gasteiger partial charge in [0.2, 0.25) is 0 Å². The first kappa shape index (κ1) is 60.2. The molecule has 0 aromatic rings. The molecule has 0 bridgehead atoms. The molecule has 0 spiro atoms. The Hall–Kier alpha value is -2.79. The maximum Gasteiger partial charge on any atom is 0.305 e. The highest BCUT2D eigenvalue weighted by Crippen LogP contribution is 2.18. The number of hydrogen-bond donors (Lipinski definition) is 0. The van der Waals surface area contributed by atoms with Gasteiger partial charge in [-0.05, 0) is 136 Å². The Morgan fingerprint density at radius 3 is 1.55 bits per heavy atom. The Bertz CT molecular complexity index is 1260. The molecule has 1 heterocycles. The van der Waals surface area contributed by atoms with Crippen LogP contribution in [0, 0.1) is 17.8 Å². The number of rotatable bonds is 42. The lowest BCUT2D eigenvalue weighted by atomic mass is 10.0. The van der Waals surface area contributed by atoms with Gasteiger partial charge in [0.15, 0.2) is 6.29 Å². The molecule has 376 valence electrons. The second-order valence-corrected chi connectivity index (χ2v) is 19.0. The van der Waals surface area contributed by atoms with Gasteiger partial charge >= 0.3 is 17.9 Å². The summed E-state index contributed by atoms with van der Waals surface area (Å²) in [7, 11) is 0. The summed E-state index contributed by atoms with van der Waals surface area (Å²) in [6, 6.07) is 0. The number of unbranched alkanes of at least 4 members (excludes halogenated alkanes) is 9. The van der Waals surface area contributed by atoms with E-state index in [4.69, 9.17) is 28.4 Å². The Balaban J connectivity index is 2.62. The molecular weight excluding hydrogens is 819 g/mol. The Morgan fingerprint density at radius 1 is 0.554 bits per heavy atom. The molecule has 1 aliphatic rings. The second-order valence-electron chi connectivity index (χ2n) is 19.0. The molecule has 0 N–H and O–H groups in total. The molecule has 3 atom stereocenters. The van der Waals surface area contributed by atoms with Crippen LogP contribution in [0.3, 0.4) is 0 Å². The number of esters is 3. The quantitative estimate of drug-likeness (QED) is 0.0193. The summed E-state index contributed by atoms with van der Waals surface area (Å²) in [6.45, 7) is 20.7. The van der Waals surface area contributed by atoms with Gasteiger partial charge in [-0.15, -0.1) is 0 Å². The maximum absolute atomic E-state index is 13.1. The summed E-state index contributed by atoms with van der Waals surface area (Å²) in [6.07, 6.45) is 34.4. The average molecular weight is 916 g/mol. The fraction of sp³-hybridized carbons (Fsp3) is 0.800. The lowest BCUT2D eigenvalue weighted by molar-refractivity contribution is -0.163. The van der Waals surface area contributed by atoms with E-state index in [1.165, 1.54) is 36.8 Å². The fourth-order valence-electron chi connectivity index (χ4n) is 7.36. The molecule has 0 aliphatic carbocycles. The van der Waals surface area contributed by atoms with Gasteiger partial charge in [0.1, 0.15) is 19.8 Å². The number of carbonyl (C=O) groups is 3. The lowest BCUT2D eigenvalue weighted by Crippen LogP contribution is -2.36. The number of morpholine rings is 1. The predicted molar refractivity (Wildman–Crippen MR) is 267 cm³/mol. The molecule has 1 aliphatic heterocycles. The van der Waals surface area contributed by atoms with E-state index in [0.717, 1.165) is 129 Å². The van der Waals surface area contributed by atoms with Crippen LogP contribution in [0.2, 0.25) is 0 Å². The summed E-state index contributed by atoms with van der Waals surface area (Å²) in [5, 5.41) is 0. The summed E-state index contributed by atoms with van der Waals surface area (Å²) >= 11 is 0. The Labute approximate surface area is 398 Å². The number of ether oxygens (including phenoxy) is 6. The van der Waals surface area contributed by atoms with Crippen molar-refractivity contribution in [1.29, 1.82) is 0 Å². The maximum atomic E-state index is 13.1. The van der Waals surface area contributed by atoms with Crippen LogP contribution in [-0.2, 0) is 42.8 Å². The van der Waals surface area contributed by atoms with Crippen LogP contribution in [0.1, 0.15) is 196 Å². The molecule has 10 nitrogen and oxygen atoms in total. The van der Waals surface area contributed by atoms with Crippen LogP contribution >= 0.6 is 0 Å².